The lowest BCUT2D eigenvalue weighted by Gasteiger charge is -2.65. The second-order valence-electron chi connectivity index (χ2n) is 7.31. The Kier molecular flexibility index (Phi) is 2.50. The van der Waals surface area contributed by atoms with Gasteiger partial charge in [0.1, 0.15) is 11.3 Å². The number of fused-ring (bicyclic) bond motifs is 1. The SMILES string of the molecule is Cc1cc([C@@H](C)N)c2nc(C34CC(F)(C3)C4)c(C)c(=O)n2c1. The molecule has 0 unspecified atom stereocenters. The van der Waals surface area contributed by atoms with Crippen LogP contribution in [-0.2, 0) is 5.41 Å². The van der Waals surface area contributed by atoms with Crippen molar-refractivity contribution in [2.24, 2.45) is 5.73 Å². The third kappa shape index (κ3) is 1.60. The van der Waals surface area contributed by atoms with Crippen LogP contribution in [0, 0.1) is 13.8 Å². The zero-order chi connectivity index (χ0) is 15.9. The molecule has 2 aromatic rings. The van der Waals surface area contributed by atoms with E-state index in [1.54, 1.807) is 17.5 Å². The highest BCUT2D eigenvalue weighted by Gasteiger charge is 2.71. The van der Waals surface area contributed by atoms with Crippen molar-refractivity contribution in [1.82, 2.24) is 9.38 Å². The minimum absolute atomic E-state index is 0.0665. The molecule has 3 saturated carbocycles. The molecule has 116 valence electrons. The van der Waals surface area contributed by atoms with Gasteiger partial charge in [-0.2, -0.15) is 0 Å². The number of alkyl halides is 1. The van der Waals surface area contributed by atoms with Crippen LogP contribution >= 0.6 is 0 Å². The van der Waals surface area contributed by atoms with Crippen LogP contribution in [0.4, 0.5) is 4.39 Å². The maximum absolute atomic E-state index is 13.9. The molecule has 3 fully saturated rings. The molecule has 22 heavy (non-hydrogen) atoms. The Morgan fingerprint density at radius 2 is 2.00 bits per heavy atom. The summed E-state index contributed by atoms with van der Waals surface area (Å²) < 4.78 is 15.5. The first kappa shape index (κ1) is 13.9. The number of aryl methyl sites for hydroxylation is 1. The van der Waals surface area contributed by atoms with Crippen LogP contribution in [0.3, 0.4) is 0 Å². The van der Waals surface area contributed by atoms with E-state index in [0.717, 1.165) is 16.8 Å². The molecular weight excluding hydrogens is 281 g/mol. The Hall–Kier alpha value is -1.75. The lowest BCUT2D eigenvalue weighted by atomic mass is 9.41. The van der Waals surface area contributed by atoms with Crippen LogP contribution in [0.1, 0.15) is 54.6 Å². The average molecular weight is 301 g/mol. The van der Waals surface area contributed by atoms with Crippen molar-refractivity contribution < 1.29 is 4.39 Å². The molecule has 1 atom stereocenters. The molecule has 0 aromatic carbocycles. The molecule has 0 spiro atoms. The van der Waals surface area contributed by atoms with Crippen molar-refractivity contribution in [2.75, 3.05) is 0 Å². The van der Waals surface area contributed by atoms with Crippen molar-refractivity contribution in [3.05, 3.63) is 45.0 Å². The van der Waals surface area contributed by atoms with E-state index in [-0.39, 0.29) is 17.0 Å². The fourth-order valence-corrected chi connectivity index (χ4v) is 4.26. The minimum Gasteiger partial charge on any atom is -0.324 e. The number of hydrogen-bond acceptors (Lipinski definition) is 3. The first-order valence-electron chi connectivity index (χ1n) is 7.73. The number of aromatic nitrogens is 2. The van der Waals surface area contributed by atoms with Crippen LogP contribution in [-0.4, -0.2) is 15.1 Å². The first-order valence-corrected chi connectivity index (χ1v) is 7.73. The quantitative estimate of drug-likeness (QED) is 0.927. The average Bonchev–Trinajstić information content (AvgIpc) is 2.38. The molecule has 2 bridgehead atoms. The van der Waals surface area contributed by atoms with Gasteiger partial charge in [-0.15, -0.1) is 0 Å². The second-order valence-corrected chi connectivity index (χ2v) is 7.31. The molecule has 0 aliphatic heterocycles. The smallest absolute Gasteiger partial charge is 0.261 e. The number of rotatable bonds is 2. The van der Waals surface area contributed by atoms with Crippen molar-refractivity contribution in [3.63, 3.8) is 0 Å². The van der Waals surface area contributed by atoms with E-state index in [9.17, 15) is 9.18 Å². The van der Waals surface area contributed by atoms with Crippen LogP contribution in [0.5, 0.6) is 0 Å². The Morgan fingerprint density at radius 1 is 1.36 bits per heavy atom. The Bertz CT molecular complexity index is 849. The van der Waals surface area contributed by atoms with Gasteiger partial charge in [-0.05, 0) is 51.7 Å². The molecule has 0 amide bonds. The van der Waals surface area contributed by atoms with Crippen molar-refractivity contribution in [2.45, 2.75) is 57.2 Å². The molecule has 2 N–H and O–H groups in total. The van der Waals surface area contributed by atoms with Gasteiger partial charge < -0.3 is 5.73 Å². The van der Waals surface area contributed by atoms with Crippen molar-refractivity contribution in [1.29, 1.82) is 0 Å². The van der Waals surface area contributed by atoms with Crippen LogP contribution in [0.15, 0.2) is 17.1 Å². The maximum atomic E-state index is 13.9. The lowest BCUT2D eigenvalue weighted by molar-refractivity contribution is -0.160. The molecule has 5 rings (SSSR count). The Labute approximate surface area is 128 Å². The zero-order valence-corrected chi connectivity index (χ0v) is 13.1. The molecule has 0 saturated heterocycles. The molecule has 0 radical (unpaired) electrons. The fraction of sp³-hybridized carbons (Fsp3) is 0.529. The summed E-state index contributed by atoms with van der Waals surface area (Å²) >= 11 is 0. The van der Waals surface area contributed by atoms with E-state index in [0.29, 0.717) is 30.5 Å². The summed E-state index contributed by atoms with van der Waals surface area (Å²) in [7, 11) is 0. The van der Waals surface area contributed by atoms with Crippen LogP contribution < -0.4 is 11.3 Å². The van der Waals surface area contributed by atoms with E-state index in [4.69, 9.17) is 10.7 Å². The number of halogens is 1. The topological polar surface area (TPSA) is 60.4 Å². The highest BCUT2D eigenvalue weighted by Crippen LogP contribution is 2.69. The lowest BCUT2D eigenvalue weighted by Crippen LogP contribution is -2.67. The summed E-state index contributed by atoms with van der Waals surface area (Å²) in [6.45, 7) is 5.63. The van der Waals surface area contributed by atoms with E-state index in [2.05, 4.69) is 0 Å². The predicted octanol–water partition coefficient (Wildman–Crippen LogP) is 2.47. The normalized spacial score (nSPS) is 30.8. The maximum Gasteiger partial charge on any atom is 0.261 e. The van der Waals surface area contributed by atoms with Crippen molar-refractivity contribution >= 4 is 5.65 Å². The summed E-state index contributed by atoms with van der Waals surface area (Å²) in [4.78, 5) is 17.5. The fourth-order valence-electron chi connectivity index (χ4n) is 4.26. The highest BCUT2D eigenvalue weighted by atomic mass is 19.1. The van der Waals surface area contributed by atoms with Crippen molar-refractivity contribution in [3.8, 4) is 0 Å². The third-order valence-electron chi connectivity index (χ3n) is 5.27. The van der Waals surface area contributed by atoms with Gasteiger partial charge in [-0.25, -0.2) is 9.37 Å². The van der Waals surface area contributed by atoms with Gasteiger partial charge in [0, 0.05) is 28.8 Å². The van der Waals surface area contributed by atoms with E-state index >= 15 is 0 Å². The van der Waals surface area contributed by atoms with Gasteiger partial charge in [0.15, 0.2) is 0 Å². The highest BCUT2D eigenvalue weighted by molar-refractivity contribution is 5.54. The zero-order valence-electron chi connectivity index (χ0n) is 13.1. The van der Waals surface area contributed by atoms with Crippen LogP contribution in [0.2, 0.25) is 0 Å². The van der Waals surface area contributed by atoms with Gasteiger partial charge in [-0.1, -0.05) is 0 Å². The van der Waals surface area contributed by atoms with E-state index < -0.39 is 5.67 Å². The Morgan fingerprint density at radius 3 is 2.55 bits per heavy atom. The number of nitrogens with zero attached hydrogens (tertiary/aromatic N) is 2. The molecule has 4 nitrogen and oxygen atoms in total. The molecule has 5 heteroatoms. The van der Waals surface area contributed by atoms with E-state index in [1.807, 2.05) is 19.9 Å². The Balaban J connectivity index is 2.01. The summed E-state index contributed by atoms with van der Waals surface area (Å²) in [5.74, 6) is 0. The summed E-state index contributed by atoms with van der Waals surface area (Å²) in [6, 6.07) is 1.77. The molecular formula is C17H20FN3O. The second kappa shape index (κ2) is 3.96. The summed E-state index contributed by atoms with van der Waals surface area (Å²) in [5, 5.41) is 0. The summed E-state index contributed by atoms with van der Waals surface area (Å²) in [6.07, 6.45) is 3.31. The van der Waals surface area contributed by atoms with Gasteiger partial charge in [0.05, 0.1) is 5.69 Å². The standard InChI is InChI=1S/C17H20FN3O/c1-9-4-12(11(3)19)14-20-13(10(2)15(22)21(14)5-9)16-6-17(18,7-16)8-16/h4-5,11H,6-8,19H2,1-3H3/t11-,16?,17?/m1/s1. The molecule has 3 aliphatic rings. The minimum atomic E-state index is -1.00. The van der Waals surface area contributed by atoms with Gasteiger partial charge >= 0.3 is 0 Å². The van der Waals surface area contributed by atoms with Crippen LogP contribution in [0.25, 0.3) is 5.65 Å². The molecule has 2 aromatic heterocycles. The first-order chi connectivity index (χ1) is 10.2. The largest absolute Gasteiger partial charge is 0.324 e. The van der Waals surface area contributed by atoms with E-state index in [1.165, 1.54) is 0 Å². The summed E-state index contributed by atoms with van der Waals surface area (Å²) in [5.41, 5.74) is 8.64. The number of hydrogen-bond donors (Lipinski definition) is 1. The number of nitrogens with two attached hydrogens (primary N) is 1. The predicted molar refractivity (Wildman–Crippen MR) is 82.9 cm³/mol. The molecule has 2 heterocycles. The number of pyridine rings is 1. The third-order valence-corrected chi connectivity index (χ3v) is 5.27. The van der Waals surface area contributed by atoms with Gasteiger partial charge in [0.2, 0.25) is 0 Å². The molecule has 3 aliphatic carbocycles. The van der Waals surface area contributed by atoms with Gasteiger partial charge in [0.25, 0.3) is 5.56 Å². The monoisotopic (exact) mass is 301 g/mol. The van der Waals surface area contributed by atoms with Gasteiger partial charge in [-0.3, -0.25) is 9.20 Å².